The highest BCUT2D eigenvalue weighted by Gasteiger charge is 2.32. The summed E-state index contributed by atoms with van der Waals surface area (Å²) in [4.78, 5) is 29.6. The quantitative estimate of drug-likeness (QED) is 0.336. The lowest BCUT2D eigenvalue weighted by molar-refractivity contribution is -0.137. The van der Waals surface area contributed by atoms with Crippen LogP contribution in [-0.2, 0) is 12.6 Å². The van der Waals surface area contributed by atoms with Gasteiger partial charge >= 0.3 is 6.18 Å². The van der Waals surface area contributed by atoms with Gasteiger partial charge in [-0.25, -0.2) is 9.97 Å². The first kappa shape index (κ1) is 22.6. The summed E-state index contributed by atoms with van der Waals surface area (Å²) in [5.74, 6) is -0.0143. The second kappa shape index (κ2) is 8.86. The van der Waals surface area contributed by atoms with Crippen molar-refractivity contribution in [3.05, 3.63) is 89.5 Å². The Morgan fingerprint density at radius 2 is 1.97 bits per heavy atom. The highest BCUT2D eigenvalue weighted by atomic mass is 19.4. The number of fused-ring (bicyclic) bond motifs is 1. The zero-order chi connectivity index (χ0) is 24.6. The molecule has 0 unspecified atom stereocenters. The first-order valence-electron chi connectivity index (χ1n) is 10.8. The Morgan fingerprint density at radius 3 is 2.74 bits per heavy atom. The molecule has 5 rings (SSSR count). The molecule has 0 aliphatic carbocycles. The van der Waals surface area contributed by atoms with Crippen molar-refractivity contribution in [2.75, 3.05) is 0 Å². The normalized spacial score (nSPS) is 13.9. The van der Waals surface area contributed by atoms with Gasteiger partial charge < -0.3 is 4.52 Å². The third kappa shape index (κ3) is 4.72. The van der Waals surface area contributed by atoms with E-state index in [1.54, 1.807) is 30.6 Å². The van der Waals surface area contributed by atoms with Gasteiger partial charge in [0.15, 0.2) is 5.78 Å². The number of pyridine rings is 1. The van der Waals surface area contributed by atoms with Crippen molar-refractivity contribution < 1.29 is 22.5 Å². The smallest absolute Gasteiger partial charge is 0.360 e. The van der Waals surface area contributed by atoms with Crippen LogP contribution < -0.4 is 0 Å². The predicted octanol–water partition coefficient (Wildman–Crippen LogP) is 5.60. The Bertz CT molecular complexity index is 1430. The van der Waals surface area contributed by atoms with Crippen LogP contribution in [0.1, 0.15) is 52.3 Å². The molecule has 0 spiro atoms. The third-order valence-electron chi connectivity index (χ3n) is 5.73. The van der Waals surface area contributed by atoms with Crippen molar-refractivity contribution in [2.24, 2.45) is 4.99 Å². The molecule has 4 aromatic rings. The molecule has 1 aliphatic rings. The Morgan fingerprint density at radius 1 is 1.11 bits per heavy atom. The number of hydrogen-bond donors (Lipinski definition) is 0. The first-order chi connectivity index (χ1) is 16.8. The zero-order valence-corrected chi connectivity index (χ0v) is 18.5. The molecule has 4 heterocycles. The number of halogens is 3. The molecule has 1 atom stereocenters. The minimum Gasteiger partial charge on any atom is -0.360 e. The average Bonchev–Trinajstić information content (AvgIpc) is 3.51. The lowest BCUT2D eigenvalue weighted by atomic mass is 9.98. The summed E-state index contributed by atoms with van der Waals surface area (Å²) in [6.45, 7) is 1.83. The van der Waals surface area contributed by atoms with Crippen LogP contribution in [0.4, 0.5) is 18.9 Å². The Hall–Kier alpha value is -4.21. The van der Waals surface area contributed by atoms with Crippen LogP contribution in [0.25, 0.3) is 11.3 Å². The summed E-state index contributed by atoms with van der Waals surface area (Å²) in [5.41, 5.74) is 2.86. The molecule has 0 fully saturated rings. The van der Waals surface area contributed by atoms with E-state index in [0.29, 0.717) is 34.1 Å². The van der Waals surface area contributed by atoms with Gasteiger partial charge in [0.05, 0.1) is 22.7 Å². The van der Waals surface area contributed by atoms with E-state index >= 15 is 0 Å². The van der Waals surface area contributed by atoms with Gasteiger partial charge in [-0.3, -0.25) is 14.8 Å². The number of carbonyl (C=O) groups is 1. The van der Waals surface area contributed by atoms with Crippen molar-refractivity contribution >= 4 is 17.2 Å². The molecule has 0 amide bonds. The number of carbonyl (C=O) groups excluding carboxylic acids is 1. The van der Waals surface area contributed by atoms with Gasteiger partial charge in [0.25, 0.3) is 0 Å². The number of hydrogen-bond acceptors (Lipinski definition) is 7. The standard InChI is InChI=1S/C25H18F3N5O2/c1-14(7-23(34)22-10-19(30-13-31-22)15-3-2-6-29-12-15)24-11-21(33-35-24)20-9-16-8-17(25(26,27)28)4-5-18(16)32-20/h2-6,8,10-14H,7,9H2,1H3/t14-/m1/s1. The molecule has 0 N–H and O–H groups in total. The predicted molar refractivity (Wildman–Crippen MR) is 120 cm³/mol. The molecule has 0 radical (unpaired) electrons. The molecule has 1 aromatic carbocycles. The summed E-state index contributed by atoms with van der Waals surface area (Å²) in [6, 6.07) is 10.4. The molecule has 10 heteroatoms. The maximum atomic E-state index is 13.0. The van der Waals surface area contributed by atoms with Crippen LogP contribution in [0.5, 0.6) is 0 Å². The number of rotatable bonds is 6. The molecule has 0 saturated heterocycles. The van der Waals surface area contributed by atoms with Gasteiger partial charge in [-0.15, -0.1) is 0 Å². The summed E-state index contributed by atoms with van der Waals surface area (Å²) in [5, 5.41) is 4.04. The van der Waals surface area contributed by atoms with Crippen molar-refractivity contribution in [3.8, 4) is 11.3 Å². The summed E-state index contributed by atoms with van der Waals surface area (Å²) >= 11 is 0. The Kier molecular flexibility index (Phi) is 5.72. The maximum absolute atomic E-state index is 13.0. The number of ketones is 1. The third-order valence-corrected chi connectivity index (χ3v) is 5.73. The van der Waals surface area contributed by atoms with Crippen molar-refractivity contribution in [1.82, 2.24) is 20.1 Å². The molecule has 7 nitrogen and oxygen atoms in total. The zero-order valence-electron chi connectivity index (χ0n) is 18.5. The van der Waals surface area contributed by atoms with E-state index in [0.717, 1.165) is 17.7 Å². The van der Waals surface area contributed by atoms with Gasteiger partial charge in [-0.05, 0) is 42.0 Å². The molecule has 0 bridgehead atoms. The van der Waals surface area contributed by atoms with E-state index in [1.807, 2.05) is 13.0 Å². The van der Waals surface area contributed by atoms with Crippen molar-refractivity contribution in [1.29, 1.82) is 0 Å². The van der Waals surface area contributed by atoms with Crippen LogP contribution in [0, 0.1) is 0 Å². The molecular weight excluding hydrogens is 459 g/mol. The number of Topliss-reactive ketones (excluding diaryl/α,β-unsaturated/α-hetero) is 1. The lowest BCUT2D eigenvalue weighted by Gasteiger charge is -2.07. The SMILES string of the molecule is C[C@H](CC(=O)c1cc(-c2cccnc2)ncn1)c1cc(C2=Nc3ccc(C(F)(F)F)cc3C2)no1. The molecular formula is C25H18F3N5O2. The van der Waals surface area contributed by atoms with Crippen LogP contribution in [0.15, 0.2) is 70.7 Å². The molecule has 0 saturated carbocycles. The number of benzene rings is 1. The fourth-order valence-corrected chi connectivity index (χ4v) is 3.85. The van der Waals surface area contributed by atoms with Crippen LogP contribution in [0.3, 0.4) is 0 Å². The number of aromatic nitrogens is 4. The van der Waals surface area contributed by atoms with E-state index in [4.69, 9.17) is 4.52 Å². The lowest BCUT2D eigenvalue weighted by Crippen LogP contribution is -2.07. The Labute approximate surface area is 197 Å². The molecule has 35 heavy (non-hydrogen) atoms. The fraction of sp³-hybridized carbons (Fsp3) is 0.200. The Balaban J connectivity index is 1.28. The van der Waals surface area contributed by atoms with E-state index < -0.39 is 11.7 Å². The van der Waals surface area contributed by atoms with Crippen LogP contribution in [0.2, 0.25) is 0 Å². The topological polar surface area (TPSA) is 94.1 Å². The van der Waals surface area contributed by atoms with Crippen LogP contribution >= 0.6 is 0 Å². The molecule has 1 aliphatic heterocycles. The average molecular weight is 477 g/mol. The highest BCUT2D eigenvalue weighted by Crippen LogP contribution is 2.36. The number of nitrogens with zero attached hydrogens (tertiary/aromatic N) is 5. The van der Waals surface area contributed by atoms with Crippen LogP contribution in [-0.4, -0.2) is 31.6 Å². The van der Waals surface area contributed by atoms with Gasteiger partial charge in [-0.1, -0.05) is 12.1 Å². The van der Waals surface area contributed by atoms with Crippen molar-refractivity contribution in [3.63, 3.8) is 0 Å². The maximum Gasteiger partial charge on any atom is 0.416 e. The molecule has 176 valence electrons. The summed E-state index contributed by atoms with van der Waals surface area (Å²) in [7, 11) is 0. The number of alkyl halides is 3. The minimum atomic E-state index is -4.41. The minimum absolute atomic E-state index is 0.125. The van der Waals surface area contributed by atoms with Gasteiger partial charge in [0.2, 0.25) is 0 Å². The largest absolute Gasteiger partial charge is 0.416 e. The first-order valence-corrected chi connectivity index (χ1v) is 10.8. The van der Waals surface area contributed by atoms with Gasteiger partial charge in [-0.2, -0.15) is 13.2 Å². The van der Waals surface area contributed by atoms with Crippen molar-refractivity contribution in [2.45, 2.75) is 31.9 Å². The van der Waals surface area contributed by atoms with Gasteiger partial charge in [0.1, 0.15) is 23.5 Å². The van der Waals surface area contributed by atoms with E-state index in [1.165, 1.54) is 12.4 Å². The summed E-state index contributed by atoms with van der Waals surface area (Å²) < 4.78 is 44.4. The molecule has 3 aromatic heterocycles. The van der Waals surface area contributed by atoms with E-state index in [-0.39, 0.29) is 30.2 Å². The summed E-state index contributed by atoms with van der Waals surface area (Å²) in [6.07, 6.45) is 0.579. The van der Waals surface area contributed by atoms with E-state index in [2.05, 4.69) is 25.1 Å². The second-order valence-electron chi connectivity index (χ2n) is 8.25. The number of aliphatic imine (C=N–C) groups is 1. The van der Waals surface area contributed by atoms with E-state index in [9.17, 15) is 18.0 Å². The monoisotopic (exact) mass is 477 g/mol. The second-order valence-corrected chi connectivity index (χ2v) is 8.25. The van der Waals surface area contributed by atoms with Gasteiger partial charge in [0, 0.05) is 42.8 Å². The fourth-order valence-electron chi connectivity index (χ4n) is 3.85. The highest BCUT2D eigenvalue weighted by molar-refractivity contribution is 6.05.